The average Bonchev–Trinajstić information content (AvgIpc) is 2.78. The van der Waals surface area contributed by atoms with E-state index in [0.717, 1.165) is 22.3 Å². The predicted molar refractivity (Wildman–Crippen MR) is 127 cm³/mol. The number of hydrogen-bond acceptors (Lipinski definition) is 4. The third-order valence-electron chi connectivity index (χ3n) is 5.15. The van der Waals surface area contributed by atoms with Crippen molar-refractivity contribution in [1.29, 1.82) is 0 Å². The molecule has 32 heavy (non-hydrogen) atoms. The van der Waals surface area contributed by atoms with Gasteiger partial charge in [0.25, 0.3) is 5.91 Å². The lowest BCUT2D eigenvalue weighted by Crippen LogP contribution is -2.26. The van der Waals surface area contributed by atoms with Crippen LogP contribution < -0.4 is 5.43 Å². The van der Waals surface area contributed by atoms with Crippen LogP contribution >= 0.6 is 0 Å². The van der Waals surface area contributed by atoms with Gasteiger partial charge in [-0.25, -0.2) is 13.8 Å². The van der Waals surface area contributed by atoms with Crippen molar-refractivity contribution in [2.45, 2.75) is 32.2 Å². The molecule has 0 saturated carbocycles. The van der Waals surface area contributed by atoms with Gasteiger partial charge < -0.3 is 0 Å². The molecule has 0 heterocycles. The quantitative estimate of drug-likeness (QED) is 0.432. The first-order chi connectivity index (χ1) is 15.2. The van der Waals surface area contributed by atoms with Gasteiger partial charge >= 0.3 is 0 Å². The lowest BCUT2D eigenvalue weighted by atomic mass is 10.1. The first-order valence-corrected chi connectivity index (χ1v) is 11.6. The third kappa shape index (κ3) is 5.69. The number of hydrogen-bond donors (Lipinski definition) is 1. The zero-order chi connectivity index (χ0) is 23.3. The minimum absolute atomic E-state index is 0.197. The molecule has 0 unspecified atom stereocenters. The maximum Gasteiger partial charge on any atom is 0.271 e. The monoisotopic (exact) mass is 449 g/mol. The number of nitrogens with one attached hydrogen (secondary N) is 1. The van der Waals surface area contributed by atoms with E-state index in [1.165, 1.54) is 4.31 Å². The van der Waals surface area contributed by atoms with Gasteiger partial charge in [0.05, 0.1) is 10.6 Å². The van der Waals surface area contributed by atoms with Crippen LogP contribution in [0.5, 0.6) is 0 Å². The van der Waals surface area contributed by atoms with Crippen molar-refractivity contribution in [3.8, 4) is 0 Å². The topological polar surface area (TPSA) is 78.8 Å². The maximum atomic E-state index is 12.8. The van der Waals surface area contributed by atoms with Gasteiger partial charge in [-0.15, -0.1) is 0 Å². The second kappa shape index (κ2) is 9.89. The Bertz CT molecular complexity index is 1210. The lowest BCUT2D eigenvalue weighted by Gasteiger charge is -2.17. The normalized spacial score (nSPS) is 12.1. The summed E-state index contributed by atoms with van der Waals surface area (Å²) in [6, 6.07) is 21.5. The summed E-state index contributed by atoms with van der Waals surface area (Å²) in [5.74, 6) is -0.330. The molecule has 6 nitrogen and oxygen atoms in total. The molecule has 1 amide bonds. The number of hydrazone groups is 1. The Morgan fingerprint density at radius 3 is 1.91 bits per heavy atom. The third-order valence-corrected chi connectivity index (χ3v) is 6.96. The van der Waals surface area contributed by atoms with Gasteiger partial charge in [-0.2, -0.15) is 9.41 Å². The number of carbonyl (C=O) groups excluding carboxylic acids is 1. The first kappa shape index (κ1) is 23.4. The Morgan fingerprint density at radius 2 is 1.34 bits per heavy atom. The van der Waals surface area contributed by atoms with Gasteiger partial charge in [0.15, 0.2) is 0 Å². The van der Waals surface area contributed by atoms with Crippen molar-refractivity contribution < 1.29 is 13.2 Å². The summed E-state index contributed by atoms with van der Waals surface area (Å²) in [7, 11) is -2.05. The van der Waals surface area contributed by atoms with E-state index in [4.69, 9.17) is 0 Å². The van der Waals surface area contributed by atoms with E-state index in [2.05, 4.69) is 10.5 Å². The van der Waals surface area contributed by atoms with E-state index < -0.39 is 10.0 Å². The van der Waals surface area contributed by atoms with E-state index in [9.17, 15) is 13.2 Å². The number of aryl methyl sites for hydroxylation is 2. The Morgan fingerprint density at radius 1 is 0.844 bits per heavy atom. The minimum Gasteiger partial charge on any atom is -0.267 e. The van der Waals surface area contributed by atoms with Crippen molar-refractivity contribution in [1.82, 2.24) is 9.73 Å². The molecule has 0 bridgehead atoms. The Balaban J connectivity index is 1.64. The lowest BCUT2D eigenvalue weighted by molar-refractivity contribution is 0.0955. The standard InChI is InChI=1S/C25H27N3O3S/c1-18-5-11-22(12-6-18)20(3)26-27-25(29)23-13-9-21(10-14-23)17-28(4)32(30,31)24-15-7-19(2)8-16-24/h5-16H,17H2,1-4H3,(H,27,29). The predicted octanol–water partition coefficient (Wildman–Crippen LogP) is 4.28. The molecule has 0 atom stereocenters. The van der Waals surface area contributed by atoms with Crippen LogP contribution in [0.1, 0.15) is 39.5 Å². The van der Waals surface area contributed by atoms with Crippen molar-refractivity contribution in [2.75, 3.05) is 7.05 Å². The molecule has 0 spiro atoms. The van der Waals surface area contributed by atoms with Crippen LogP contribution in [0.4, 0.5) is 0 Å². The van der Waals surface area contributed by atoms with Crippen LogP contribution in [0.25, 0.3) is 0 Å². The molecule has 0 radical (unpaired) electrons. The maximum absolute atomic E-state index is 12.8. The van der Waals surface area contributed by atoms with E-state index in [0.29, 0.717) is 11.3 Å². The van der Waals surface area contributed by atoms with Gasteiger partial charge in [-0.05, 0) is 56.2 Å². The highest BCUT2D eigenvalue weighted by molar-refractivity contribution is 7.89. The summed E-state index contributed by atoms with van der Waals surface area (Å²) < 4.78 is 26.8. The summed E-state index contributed by atoms with van der Waals surface area (Å²) in [6.07, 6.45) is 0. The number of benzene rings is 3. The zero-order valence-corrected chi connectivity index (χ0v) is 19.5. The summed E-state index contributed by atoms with van der Waals surface area (Å²) >= 11 is 0. The van der Waals surface area contributed by atoms with Crippen LogP contribution in [-0.4, -0.2) is 31.4 Å². The molecule has 166 valence electrons. The zero-order valence-electron chi connectivity index (χ0n) is 18.7. The molecular weight excluding hydrogens is 422 g/mol. The SMILES string of the molecule is CC(=NNC(=O)c1ccc(CN(C)S(=O)(=O)c2ccc(C)cc2)cc1)c1ccc(C)cc1. The van der Waals surface area contributed by atoms with Crippen molar-refractivity contribution in [3.05, 3.63) is 101 Å². The largest absolute Gasteiger partial charge is 0.271 e. The van der Waals surface area contributed by atoms with Crippen LogP contribution in [0, 0.1) is 13.8 Å². The Hall–Kier alpha value is -3.29. The molecule has 0 aliphatic rings. The summed E-state index contributed by atoms with van der Waals surface area (Å²) in [4.78, 5) is 12.7. The van der Waals surface area contributed by atoms with E-state index in [-0.39, 0.29) is 17.3 Å². The van der Waals surface area contributed by atoms with Crippen molar-refractivity contribution >= 4 is 21.6 Å². The van der Waals surface area contributed by atoms with E-state index in [1.807, 2.05) is 45.0 Å². The first-order valence-electron chi connectivity index (χ1n) is 10.2. The Labute approximate surface area is 189 Å². The van der Waals surface area contributed by atoms with E-state index in [1.54, 1.807) is 55.6 Å². The van der Waals surface area contributed by atoms with Crippen LogP contribution in [0.15, 0.2) is 82.8 Å². The number of carbonyl (C=O) groups is 1. The van der Waals surface area contributed by atoms with E-state index >= 15 is 0 Å². The van der Waals surface area contributed by atoms with Gasteiger partial charge in [-0.3, -0.25) is 4.79 Å². The fourth-order valence-corrected chi connectivity index (χ4v) is 4.21. The minimum atomic E-state index is -3.59. The highest BCUT2D eigenvalue weighted by Gasteiger charge is 2.20. The van der Waals surface area contributed by atoms with Gasteiger partial charge in [0.2, 0.25) is 10.0 Å². The van der Waals surface area contributed by atoms with Gasteiger partial charge in [-0.1, -0.05) is 59.7 Å². The second-order valence-electron chi connectivity index (χ2n) is 7.78. The number of nitrogens with zero attached hydrogens (tertiary/aromatic N) is 2. The van der Waals surface area contributed by atoms with Crippen LogP contribution in [0.3, 0.4) is 0 Å². The molecule has 7 heteroatoms. The summed E-state index contributed by atoms with van der Waals surface area (Å²) in [6.45, 7) is 5.95. The average molecular weight is 450 g/mol. The highest BCUT2D eigenvalue weighted by atomic mass is 32.2. The smallest absolute Gasteiger partial charge is 0.267 e. The number of rotatable bonds is 7. The molecular formula is C25H27N3O3S. The number of amides is 1. The van der Waals surface area contributed by atoms with Crippen LogP contribution in [0.2, 0.25) is 0 Å². The highest BCUT2D eigenvalue weighted by Crippen LogP contribution is 2.17. The molecule has 0 saturated heterocycles. The molecule has 0 aliphatic carbocycles. The molecule has 3 aromatic carbocycles. The molecule has 0 fully saturated rings. The molecule has 0 aromatic heterocycles. The van der Waals surface area contributed by atoms with Crippen molar-refractivity contribution in [2.24, 2.45) is 5.10 Å². The second-order valence-corrected chi connectivity index (χ2v) is 9.82. The molecule has 1 N–H and O–H groups in total. The summed E-state index contributed by atoms with van der Waals surface area (Å²) in [5, 5.41) is 4.17. The van der Waals surface area contributed by atoms with Crippen LogP contribution in [-0.2, 0) is 16.6 Å². The molecule has 0 aliphatic heterocycles. The van der Waals surface area contributed by atoms with Gasteiger partial charge in [0.1, 0.15) is 0 Å². The van der Waals surface area contributed by atoms with Gasteiger partial charge in [0, 0.05) is 19.2 Å². The fraction of sp³-hybridized carbons (Fsp3) is 0.200. The fourth-order valence-electron chi connectivity index (χ4n) is 3.05. The number of sulfonamides is 1. The Kier molecular flexibility index (Phi) is 7.22. The molecule has 3 rings (SSSR count). The summed E-state index contributed by atoms with van der Waals surface area (Å²) in [5.41, 5.74) is 7.58. The van der Waals surface area contributed by atoms with Crippen molar-refractivity contribution in [3.63, 3.8) is 0 Å². The molecule has 3 aromatic rings.